The van der Waals surface area contributed by atoms with Gasteiger partial charge in [0.25, 0.3) is 0 Å². The molecule has 0 fully saturated rings. The molecular formula is C11H26IN3OS. The highest BCUT2D eigenvalue weighted by Crippen LogP contribution is 2.04. The van der Waals surface area contributed by atoms with E-state index in [4.69, 9.17) is 4.74 Å². The molecule has 6 heteroatoms. The summed E-state index contributed by atoms with van der Waals surface area (Å²) in [6.45, 7) is 7.68. The van der Waals surface area contributed by atoms with Crippen molar-refractivity contribution in [2.24, 2.45) is 4.99 Å². The fraction of sp³-hybridized carbons (Fsp3) is 0.909. The van der Waals surface area contributed by atoms with Gasteiger partial charge in [-0.15, -0.1) is 24.0 Å². The Labute approximate surface area is 127 Å². The Hall–Kier alpha value is 0.310. The summed E-state index contributed by atoms with van der Waals surface area (Å²) >= 11 is 1.83. The van der Waals surface area contributed by atoms with Gasteiger partial charge in [-0.25, -0.2) is 0 Å². The molecule has 0 aromatic carbocycles. The number of halogens is 1. The summed E-state index contributed by atoms with van der Waals surface area (Å²) in [5, 5.41) is 7.08. The molecule has 0 saturated carbocycles. The lowest BCUT2D eigenvalue weighted by molar-refractivity contribution is 0.195. The van der Waals surface area contributed by atoms with Gasteiger partial charge >= 0.3 is 0 Å². The number of nitrogens with zero attached hydrogens (tertiary/aromatic N) is 1. The predicted molar refractivity (Wildman–Crippen MR) is 88.9 cm³/mol. The number of rotatable bonds is 8. The first-order valence-corrected chi connectivity index (χ1v) is 7.07. The molecule has 0 bridgehead atoms. The van der Waals surface area contributed by atoms with Crippen molar-refractivity contribution in [1.29, 1.82) is 0 Å². The Balaban J connectivity index is 0. The lowest BCUT2D eigenvalue weighted by Gasteiger charge is -2.12. The normalized spacial score (nSPS) is 12.8. The van der Waals surface area contributed by atoms with Gasteiger partial charge < -0.3 is 15.4 Å². The van der Waals surface area contributed by atoms with Gasteiger partial charge in [-0.2, -0.15) is 11.8 Å². The highest BCUT2D eigenvalue weighted by molar-refractivity contribution is 14.0. The lowest BCUT2D eigenvalue weighted by Crippen LogP contribution is -2.38. The molecule has 0 radical (unpaired) electrons. The number of hydrogen-bond acceptors (Lipinski definition) is 3. The first-order valence-electron chi connectivity index (χ1n) is 5.78. The van der Waals surface area contributed by atoms with Crippen LogP contribution in [0.3, 0.4) is 0 Å². The summed E-state index contributed by atoms with van der Waals surface area (Å²) in [4.78, 5) is 4.51. The molecule has 0 aromatic heterocycles. The van der Waals surface area contributed by atoms with E-state index in [1.807, 2.05) is 11.8 Å². The van der Waals surface area contributed by atoms with Crippen molar-refractivity contribution in [3.05, 3.63) is 0 Å². The molecule has 0 aromatic rings. The highest BCUT2D eigenvalue weighted by Gasteiger charge is 1.99. The second-order valence-electron chi connectivity index (χ2n) is 3.54. The van der Waals surface area contributed by atoms with Crippen molar-refractivity contribution in [1.82, 2.24) is 10.6 Å². The zero-order chi connectivity index (χ0) is 12.2. The van der Waals surface area contributed by atoms with Crippen LogP contribution >= 0.6 is 35.7 Å². The summed E-state index contributed by atoms with van der Waals surface area (Å²) in [6.07, 6.45) is 3.11. The van der Waals surface area contributed by atoms with Gasteiger partial charge in [0.05, 0.1) is 6.54 Å². The number of nitrogens with one attached hydrogen (secondary N) is 2. The molecule has 0 spiro atoms. The number of hydrogen-bond donors (Lipinski definition) is 2. The molecular weight excluding hydrogens is 349 g/mol. The number of thioether (sulfide) groups is 1. The maximum Gasteiger partial charge on any atom is 0.191 e. The second-order valence-corrected chi connectivity index (χ2v) is 4.82. The van der Waals surface area contributed by atoms with Crippen molar-refractivity contribution < 1.29 is 4.74 Å². The quantitative estimate of drug-likeness (QED) is 0.295. The van der Waals surface area contributed by atoms with Crippen LogP contribution in [-0.2, 0) is 4.74 Å². The van der Waals surface area contributed by atoms with Crippen LogP contribution in [0.5, 0.6) is 0 Å². The minimum atomic E-state index is 0. The van der Waals surface area contributed by atoms with E-state index in [0.29, 0.717) is 5.25 Å². The van der Waals surface area contributed by atoms with Gasteiger partial charge in [0.15, 0.2) is 5.96 Å². The van der Waals surface area contributed by atoms with E-state index in [-0.39, 0.29) is 24.0 Å². The van der Waals surface area contributed by atoms with Crippen molar-refractivity contribution in [3.63, 3.8) is 0 Å². The van der Waals surface area contributed by atoms with E-state index >= 15 is 0 Å². The Morgan fingerprint density at radius 2 is 2.12 bits per heavy atom. The third-order valence-corrected chi connectivity index (χ3v) is 3.02. The molecule has 0 aliphatic carbocycles. The third kappa shape index (κ3) is 12.6. The van der Waals surface area contributed by atoms with Crippen LogP contribution in [0.15, 0.2) is 4.99 Å². The molecule has 0 aliphatic rings. The van der Waals surface area contributed by atoms with Crippen LogP contribution in [0.2, 0.25) is 0 Å². The number of guanidine groups is 1. The maximum absolute atomic E-state index is 5.00. The summed E-state index contributed by atoms with van der Waals surface area (Å²) in [5.41, 5.74) is 0. The predicted octanol–water partition coefficient (Wildman–Crippen LogP) is 1.95. The van der Waals surface area contributed by atoms with E-state index in [9.17, 15) is 0 Å². The highest BCUT2D eigenvalue weighted by atomic mass is 127. The van der Waals surface area contributed by atoms with Gasteiger partial charge in [0.1, 0.15) is 0 Å². The lowest BCUT2D eigenvalue weighted by atomic mass is 10.4. The molecule has 0 aliphatic heterocycles. The van der Waals surface area contributed by atoms with Gasteiger partial charge in [0.2, 0.25) is 0 Å². The Morgan fingerprint density at radius 3 is 2.65 bits per heavy atom. The van der Waals surface area contributed by atoms with E-state index in [1.54, 1.807) is 7.11 Å². The number of methoxy groups -OCH3 is 1. The van der Waals surface area contributed by atoms with Crippen LogP contribution in [0.25, 0.3) is 0 Å². The topological polar surface area (TPSA) is 45.7 Å². The van der Waals surface area contributed by atoms with E-state index < -0.39 is 0 Å². The monoisotopic (exact) mass is 375 g/mol. The summed E-state index contributed by atoms with van der Waals surface area (Å²) in [7, 11) is 1.72. The molecule has 0 saturated heterocycles. The van der Waals surface area contributed by atoms with Crippen molar-refractivity contribution in [3.8, 4) is 0 Å². The smallest absolute Gasteiger partial charge is 0.191 e. The fourth-order valence-electron chi connectivity index (χ4n) is 1.06. The molecule has 0 amide bonds. The first kappa shape index (κ1) is 19.6. The molecule has 1 atom stereocenters. The molecule has 17 heavy (non-hydrogen) atoms. The van der Waals surface area contributed by atoms with Gasteiger partial charge in [0, 0.05) is 32.1 Å². The average molecular weight is 375 g/mol. The molecule has 0 rings (SSSR count). The van der Waals surface area contributed by atoms with Crippen LogP contribution in [0.4, 0.5) is 0 Å². The van der Waals surface area contributed by atoms with Crippen molar-refractivity contribution >= 4 is 41.7 Å². The van der Waals surface area contributed by atoms with Crippen LogP contribution in [0, 0.1) is 0 Å². The van der Waals surface area contributed by atoms with Gasteiger partial charge in [-0.05, 0) is 19.6 Å². The average Bonchev–Trinajstić information content (AvgIpc) is 2.30. The maximum atomic E-state index is 5.00. The molecule has 2 N–H and O–H groups in total. The number of ether oxygens (including phenoxy) is 1. The third-order valence-electron chi connectivity index (χ3n) is 2.07. The standard InChI is InChI=1S/C11H25N3OS.HI/c1-5-12-11(13-7-6-8-15-3)14-9-10(2)16-4;/h10H,5-9H2,1-4H3,(H2,12,13,14);1H. The fourth-order valence-corrected chi connectivity index (χ4v) is 1.28. The minimum Gasteiger partial charge on any atom is -0.385 e. The van der Waals surface area contributed by atoms with Crippen molar-refractivity contribution in [2.75, 3.05) is 39.6 Å². The van der Waals surface area contributed by atoms with Crippen LogP contribution in [0.1, 0.15) is 20.3 Å². The Bertz CT molecular complexity index is 194. The summed E-state index contributed by atoms with van der Waals surface area (Å²) < 4.78 is 5.00. The molecule has 4 nitrogen and oxygen atoms in total. The Kier molecular flexibility index (Phi) is 16.6. The SMILES string of the molecule is CCNC(=NCC(C)SC)NCCCOC.I. The largest absolute Gasteiger partial charge is 0.385 e. The summed E-state index contributed by atoms with van der Waals surface area (Å²) in [5.74, 6) is 0.902. The zero-order valence-electron chi connectivity index (χ0n) is 11.3. The van der Waals surface area contributed by atoms with Crippen molar-refractivity contribution in [2.45, 2.75) is 25.5 Å². The zero-order valence-corrected chi connectivity index (χ0v) is 14.4. The number of aliphatic imine (C=N–C) groups is 1. The minimum absolute atomic E-state index is 0. The Morgan fingerprint density at radius 1 is 1.41 bits per heavy atom. The van der Waals surface area contributed by atoms with E-state index in [2.05, 4.69) is 35.7 Å². The van der Waals surface area contributed by atoms with E-state index in [1.165, 1.54) is 0 Å². The summed E-state index contributed by atoms with van der Waals surface area (Å²) in [6, 6.07) is 0. The van der Waals surface area contributed by atoms with E-state index in [0.717, 1.165) is 38.6 Å². The van der Waals surface area contributed by atoms with Crippen LogP contribution < -0.4 is 10.6 Å². The van der Waals surface area contributed by atoms with Gasteiger partial charge in [-0.3, -0.25) is 4.99 Å². The molecule has 0 heterocycles. The van der Waals surface area contributed by atoms with Gasteiger partial charge in [-0.1, -0.05) is 6.92 Å². The first-order chi connectivity index (χ1) is 7.74. The molecule has 104 valence electrons. The second kappa shape index (κ2) is 14.4. The molecule has 1 unspecified atom stereocenters. The van der Waals surface area contributed by atoms with Crippen LogP contribution in [-0.4, -0.2) is 50.8 Å².